The quantitative estimate of drug-likeness (QED) is 0.674. The van der Waals surface area contributed by atoms with Crippen LogP contribution in [0.3, 0.4) is 0 Å². The highest BCUT2D eigenvalue weighted by molar-refractivity contribution is 5.85. The van der Waals surface area contributed by atoms with Crippen LogP contribution >= 0.6 is 12.4 Å². The number of hydrogen-bond acceptors (Lipinski definition) is 1. The first-order valence-corrected chi connectivity index (χ1v) is 3.16. The topological polar surface area (TPSA) is 49.3 Å². The molecule has 1 amide bonds. The molecular weight excluding hydrogens is 154 g/mol. The second kappa shape index (κ2) is 6.68. The maximum atomic E-state index is 9.97. The summed E-state index contributed by atoms with van der Waals surface area (Å²) in [5.74, 6) is 0. The van der Waals surface area contributed by atoms with Crippen molar-refractivity contribution in [3.63, 3.8) is 0 Å². The lowest BCUT2D eigenvalue weighted by atomic mass is 10.2. The molecule has 62 valence electrons. The summed E-state index contributed by atoms with van der Waals surface area (Å²) in [6.45, 7) is 3.89. The smallest absolute Gasteiger partial charge is 0.404 e. The fourth-order valence-corrected chi connectivity index (χ4v) is 0.716. The Labute approximate surface area is 67.2 Å². The van der Waals surface area contributed by atoms with Gasteiger partial charge in [0.2, 0.25) is 0 Å². The van der Waals surface area contributed by atoms with Crippen LogP contribution in [-0.2, 0) is 0 Å². The van der Waals surface area contributed by atoms with E-state index in [9.17, 15) is 4.79 Å². The third-order valence-electron chi connectivity index (χ3n) is 1.09. The van der Waals surface area contributed by atoms with Crippen molar-refractivity contribution >= 4 is 18.5 Å². The first-order valence-electron chi connectivity index (χ1n) is 3.16. The van der Waals surface area contributed by atoms with Gasteiger partial charge in [-0.05, 0) is 13.3 Å². The molecule has 0 aromatic heterocycles. The second-order valence-electron chi connectivity index (χ2n) is 2.14. The minimum absolute atomic E-state index is 0. The van der Waals surface area contributed by atoms with Gasteiger partial charge in [-0.25, -0.2) is 4.79 Å². The van der Waals surface area contributed by atoms with Crippen LogP contribution in [0, 0.1) is 0 Å². The van der Waals surface area contributed by atoms with Crippen molar-refractivity contribution < 1.29 is 9.90 Å². The Morgan fingerprint density at radius 2 is 2.20 bits per heavy atom. The molecule has 0 aromatic carbocycles. The standard InChI is InChI=1S/C6H13NO2.ClH/c1-3-4-5(2)7-6(8)9;/h5,7H,3-4H2,1-2H3,(H,8,9);1H. The Balaban J connectivity index is 0. The summed E-state index contributed by atoms with van der Waals surface area (Å²) in [5.41, 5.74) is 0. The minimum Gasteiger partial charge on any atom is -0.465 e. The van der Waals surface area contributed by atoms with Crippen LogP contribution in [0.4, 0.5) is 4.79 Å². The van der Waals surface area contributed by atoms with Gasteiger partial charge in [0.1, 0.15) is 0 Å². The first kappa shape index (κ1) is 12.3. The number of halogens is 1. The molecule has 0 saturated carbocycles. The Bertz CT molecular complexity index is 97.7. The molecule has 0 rings (SSSR count). The average molecular weight is 168 g/mol. The van der Waals surface area contributed by atoms with Gasteiger partial charge in [-0.1, -0.05) is 13.3 Å². The van der Waals surface area contributed by atoms with Gasteiger partial charge in [0.15, 0.2) is 0 Å². The lowest BCUT2D eigenvalue weighted by Gasteiger charge is -2.07. The van der Waals surface area contributed by atoms with Crippen LogP contribution in [0.15, 0.2) is 0 Å². The van der Waals surface area contributed by atoms with Crippen LogP contribution in [0.2, 0.25) is 0 Å². The fourth-order valence-electron chi connectivity index (χ4n) is 0.716. The van der Waals surface area contributed by atoms with E-state index in [1.165, 1.54) is 0 Å². The molecule has 0 aromatic rings. The SMILES string of the molecule is CCCC(C)NC(=O)O.Cl. The number of carboxylic acid groups (broad SMARTS) is 1. The molecule has 0 bridgehead atoms. The van der Waals surface area contributed by atoms with Gasteiger partial charge in [-0.15, -0.1) is 12.4 Å². The van der Waals surface area contributed by atoms with E-state index in [0.717, 1.165) is 12.8 Å². The highest BCUT2D eigenvalue weighted by Gasteiger charge is 2.01. The first-order chi connectivity index (χ1) is 4.16. The summed E-state index contributed by atoms with van der Waals surface area (Å²) < 4.78 is 0. The van der Waals surface area contributed by atoms with Gasteiger partial charge in [-0.3, -0.25) is 0 Å². The van der Waals surface area contributed by atoms with Crippen molar-refractivity contribution in [2.45, 2.75) is 32.7 Å². The van der Waals surface area contributed by atoms with Crippen molar-refractivity contribution in [1.29, 1.82) is 0 Å². The summed E-state index contributed by atoms with van der Waals surface area (Å²) in [6, 6.07) is 0.0903. The molecule has 10 heavy (non-hydrogen) atoms. The van der Waals surface area contributed by atoms with Gasteiger partial charge in [0.05, 0.1) is 0 Å². The summed E-state index contributed by atoms with van der Waals surface area (Å²) in [6.07, 6.45) is 0.990. The van der Waals surface area contributed by atoms with E-state index >= 15 is 0 Å². The van der Waals surface area contributed by atoms with E-state index < -0.39 is 6.09 Å². The van der Waals surface area contributed by atoms with Crippen LogP contribution in [-0.4, -0.2) is 17.2 Å². The highest BCUT2D eigenvalue weighted by Crippen LogP contribution is 1.93. The highest BCUT2D eigenvalue weighted by atomic mass is 35.5. The van der Waals surface area contributed by atoms with E-state index in [1.54, 1.807) is 0 Å². The van der Waals surface area contributed by atoms with Crippen molar-refractivity contribution in [2.75, 3.05) is 0 Å². The third-order valence-corrected chi connectivity index (χ3v) is 1.09. The molecule has 0 radical (unpaired) electrons. The second-order valence-corrected chi connectivity index (χ2v) is 2.14. The molecule has 0 spiro atoms. The summed E-state index contributed by atoms with van der Waals surface area (Å²) in [5, 5.41) is 10.6. The average Bonchev–Trinajstić information content (AvgIpc) is 1.63. The summed E-state index contributed by atoms with van der Waals surface area (Å²) >= 11 is 0. The zero-order valence-corrected chi connectivity index (χ0v) is 7.07. The Morgan fingerprint density at radius 3 is 2.50 bits per heavy atom. The third kappa shape index (κ3) is 7.56. The molecule has 3 nitrogen and oxygen atoms in total. The molecule has 0 saturated heterocycles. The summed E-state index contributed by atoms with van der Waals surface area (Å²) in [4.78, 5) is 9.97. The number of amides is 1. The van der Waals surface area contributed by atoms with Crippen molar-refractivity contribution in [1.82, 2.24) is 5.32 Å². The molecule has 4 heteroatoms. The maximum absolute atomic E-state index is 9.97. The van der Waals surface area contributed by atoms with Gasteiger partial charge in [-0.2, -0.15) is 0 Å². The lowest BCUT2D eigenvalue weighted by molar-refractivity contribution is 0.190. The predicted molar refractivity (Wildman–Crippen MR) is 42.8 cm³/mol. The molecule has 0 aliphatic heterocycles. The van der Waals surface area contributed by atoms with Crippen LogP contribution in [0.1, 0.15) is 26.7 Å². The Morgan fingerprint density at radius 1 is 1.70 bits per heavy atom. The molecule has 2 N–H and O–H groups in total. The largest absolute Gasteiger partial charge is 0.465 e. The normalized spacial score (nSPS) is 11.4. The van der Waals surface area contributed by atoms with Crippen molar-refractivity contribution in [2.24, 2.45) is 0 Å². The predicted octanol–water partition coefficient (Wildman–Crippen LogP) is 1.86. The molecule has 1 atom stereocenters. The Hall–Kier alpha value is -0.440. The molecule has 0 heterocycles. The zero-order valence-electron chi connectivity index (χ0n) is 6.26. The van der Waals surface area contributed by atoms with E-state index in [1.807, 2.05) is 13.8 Å². The number of hydrogen-bond donors (Lipinski definition) is 2. The van der Waals surface area contributed by atoms with E-state index in [-0.39, 0.29) is 18.4 Å². The lowest BCUT2D eigenvalue weighted by Crippen LogP contribution is -2.30. The summed E-state index contributed by atoms with van der Waals surface area (Å²) in [7, 11) is 0. The van der Waals surface area contributed by atoms with Gasteiger partial charge >= 0.3 is 6.09 Å². The van der Waals surface area contributed by atoms with Crippen molar-refractivity contribution in [3.05, 3.63) is 0 Å². The van der Waals surface area contributed by atoms with Crippen LogP contribution in [0.5, 0.6) is 0 Å². The van der Waals surface area contributed by atoms with Crippen LogP contribution in [0.25, 0.3) is 0 Å². The van der Waals surface area contributed by atoms with Crippen molar-refractivity contribution in [3.8, 4) is 0 Å². The minimum atomic E-state index is -0.934. The van der Waals surface area contributed by atoms with E-state index in [0.29, 0.717) is 0 Å². The fraction of sp³-hybridized carbons (Fsp3) is 0.833. The number of nitrogens with one attached hydrogen (secondary N) is 1. The van der Waals surface area contributed by atoms with E-state index in [4.69, 9.17) is 5.11 Å². The van der Waals surface area contributed by atoms with Crippen LogP contribution < -0.4 is 5.32 Å². The number of carbonyl (C=O) groups is 1. The molecular formula is C6H14ClNO2. The monoisotopic (exact) mass is 167 g/mol. The van der Waals surface area contributed by atoms with E-state index in [2.05, 4.69) is 5.32 Å². The molecule has 0 aliphatic rings. The van der Waals surface area contributed by atoms with Gasteiger partial charge in [0.25, 0.3) is 0 Å². The number of rotatable bonds is 3. The van der Waals surface area contributed by atoms with Gasteiger partial charge in [0, 0.05) is 6.04 Å². The molecule has 1 unspecified atom stereocenters. The van der Waals surface area contributed by atoms with Gasteiger partial charge < -0.3 is 10.4 Å². The Kier molecular flexibility index (Phi) is 8.18. The molecule has 0 aliphatic carbocycles. The zero-order chi connectivity index (χ0) is 7.28. The molecule has 0 fully saturated rings. The maximum Gasteiger partial charge on any atom is 0.404 e.